The Morgan fingerprint density at radius 1 is 1.39 bits per heavy atom. The van der Waals surface area contributed by atoms with Gasteiger partial charge in [-0.05, 0) is 19.1 Å². The molecule has 0 saturated carbocycles. The van der Waals surface area contributed by atoms with Gasteiger partial charge in [-0.1, -0.05) is 11.6 Å². The first-order valence-electron chi connectivity index (χ1n) is 5.29. The number of nitrogens with zero attached hydrogens (tertiary/aromatic N) is 3. The van der Waals surface area contributed by atoms with Gasteiger partial charge in [-0.15, -0.1) is 0 Å². The maximum atomic E-state index is 6.11. The van der Waals surface area contributed by atoms with Gasteiger partial charge in [0.25, 0.3) is 0 Å². The largest absolute Gasteiger partial charge is 0.348 e. The quantitative estimate of drug-likeness (QED) is 0.796. The molecule has 2 aromatic rings. The average Bonchev–Trinajstić information content (AvgIpc) is 2.88. The second-order valence-electron chi connectivity index (χ2n) is 3.71. The van der Waals surface area contributed by atoms with E-state index in [-0.39, 0.29) is 0 Å². The molecule has 2 aromatic heterocycles. The summed E-state index contributed by atoms with van der Waals surface area (Å²) in [5, 5.41) is 4.65. The van der Waals surface area contributed by atoms with E-state index < -0.39 is 5.79 Å². The predicted molar refractivity (Wildman–Crippen MR) is 66.6 cm³/mol. The highest BCUT2D eigenvalue weighted by Crippen LogP contribution is 2.28. The van der Waals surface area contributed by atoms with Crippen LogP contribution in [-0.4, -0.2) is 29.0 Å². The molecular formula is C12H13ClN3O2. The van der Waals surface area contributed by atoms with Crippen LogP contribution in [0.25, 0.3) is 5.82 Å². The first-order valence-corrected chi connectivity index (χ1v) is 5.67. The Morgan fingerprint density at radius 3 is 2.72 bits per heavy atom. The molecule has 0 bridgehead atoms. The monoisotopic (exact) mass is 266 g/mol. The summed E-state index contributed by atoms with van der Waals surface area (Å²) in [6.45, 7) is 1.77. The molecule has 0 saturated heterocycles. The van der Waals surface area contributed by atoms with Crippen molar-refractivity contribution in [2.75, 3.05) is 14.2 Å². The minimum Gasteiger partial charge on any atom is -0.348 e. The Balaban J connectivity index is 2.55. The average molecular weight is 267 g/mol. The second kappa shape index (κ2) is 5.06. The van der Waals surface area contributed by atoms with Crippen LogP contribution in [0.4, 0.5) is 0 Å². The van der Waals surface area contributed by atoms with Crippen LogP contribution in [0.2, 0.25) is 5.02 Å². The van der Waals surface area contributed by atoms with Crippen LogP contribution >= 0.6 is 11.6 Å². The van der Waals surface area contributed by atoms with Gasteiger partial charge in [-0.25, -0.2) is 9.67 Å². The summed E-state index contributed by atoms with van der Waals surface area (Å²) in [5.41, 5.74) is 0.591. The third kappa shape index (κ3) is 2.12. The highest BCUT2D eigenvalue weighted by molar-refractivity contribution is 6.32. The number of hydrogen-bond acceptors (Lipinski definition) is 4. The zero-order valence-corrected chi connectivity index (χ0v) is 11.1. The van der Waals surface area contributed by atoms with Gasteiger partial charge in [0.1, 0.15) is 5.69 Å². The number of aromatic nitrogens is 3. The Labute approximate surface area is 110 Å². The standard InChI is InChI=1S/C12H13ClN3O2/c1-12(17-2,18-3)10-6-8-15-16(10)11-9(13)5-4-7-14-11/h4-5,7-8H,1-3H3. The summed E-state index contributed by atoms with van der Waals surface area (Å²) in [6.07, 6.45) is 3.17. The van der Waals surface area contributed by atoms with Crippen molar-refractivity contribution in [1.29, 1.82) is 0 Å². The third-order valence-electron chi connectivity index (χ3n) is 2.74. The molecule has 1 radical (unpaired) electrons. The molecule has 2 heterocycles. The molecule has 6 heteroatoms. The van der Waals surface area contributed by atoms with Gasteiger partial charge in [-0.3, -0.25) is 0 Å². The van der Waals surface area contributed by atoms with Crippen molar-refractivity contribution in [2.24, 2.45) is 0 Å². The molecule has 0 fully saturated rings. The fraction of sp³-hybridized carbons (Fsp3) is 0.333. The van der Waals surface area contributed by atoms with E-state index in [1.54, 1.807) is 44.2 Å². The van der Waals surface area contributed by atoms with Gasteiger partial charge in [-0.2, -0.15) is 5.10 Å². The summed E-state index contributed by atoms with van der Waals surface area (Å²) in [7, 11) is 3.10. The molecule has 0 aliphatic carbocycles. The molecule has 2 rings (SSSR count). The number of rotatable bonds is 4. The molecule has 5 nitrogen and oxygen atoms in total. The topological polar surface area (TPSA) is 49.2 Å². The zero-order chi connectivity index (χ0) is 13.2. The maximum Gasteiger partial charge on any atom is 0.209 e. The normalized spacial score (nSPS) is 11.8. The molecule has 18 heavy (non-hydrogen) atoms. The van der Waals surface area contributed by atoms with Crippen LogP contribution < -0.4 is 0 Å². The van der Waals surface area contributed by atoms with Crippen molar-refractivity contribution in [2.45, 2.75) is 12.7 Å². The third-order valence-corrected chi connectivity index (χ3v) is 3.03. The van der Waals surface area contributed by atoms with E-state index >= 15 is 0 Å². The highest BCUT2D eigenvalue weighted by atomic mass is 35.5. The van der Waals surface area contributed by atoms with Gasteiger partial charge < -0.3 is 9.47 Å². The second-order valence-corrected chi connectivity index (χ2v) is 4.12. The number of pyridine rings is 1. The van der Waals surface area contributed by atoms with E-state index in [1.165, 1.54) is 6.20 Å². The van der Waals surface area contributed by atoms with E-state index in [0.717, 1.165) is 0 Å². The lowest BCUT2D eigenvalue weighted by Gasteiger charge is -2.26. The van der Waals surface area contributed by atoms with E-state index in [9.17, 15) is 0 Å². The predicted octanol–water partition coefficient (Wildman–Crippen LogP) is 2.19. The number of methoxy groups -OCH3 is 2. The van der Waals surface area contributed by atoms with Crippen molar-refractivity contribution in [3.63, 3.8) is 0 Å². The lowest BCUT2D eigenvalue weighted by Crippen LogP contribution is -2.30. The van der Waals surface area contributed by atoms with Crippen LogP contribution in [0, 0.1) is 6.07 Å². The Hall–Kier alpha value is -1.43. The molecular weight excluding hydrogens is 254 g/mol. The van der Waals surface area contributed by atoms with Crippen molar-refractivity contribution >= 4 is 11.6 Å². The lowest BCUT2D eigenvalue weighted by atomic mass is 10.2. The fourth-order valence-corrected chi connectivity index (χ4v) is 1.76. The summed E-state index contributed by atoms with van der Waals surface area (Å²) in [6, 6.07) is 6.47. The molecule has 0 N–H and O–H groups in total. The van der Waals surface area contributed by atoms with Gasteiger partial charge in [0.15, 0.2) is 5.82 Å². The molecule has 0 amide bonds. The molecule has 0 aromatic carbocycles. The molecule has 0 aliphatic rings. The van der Waals surface area contributed by atoms with Crippen LogP contribution in [0.5, 0.6) is 0 Å². The Kier molecular flexibility index (Phi) is 3.65. The Bertz CT molecular complexity index is 538. The van der Waals surface area contributed by atoms with Crippen LogP contribution in [0.3, 0.4) is 0 Å². The van der Waals surface area contributed by atoms with E-state index in [0.29, 0.717) is 16.5 Å². The summed E-state index contributed by atoms with van der Waals surface area (Å²) >= 11 is 6.11. The van der Waals surface area contributed by atoms with Gasteiger partial charge in [0.2, 0.25) is 5.79 Å². The first kappa shape index (κ1) is 13.0. The summed E-state index contributed by atoms with van der Waals surface area (Å²) < 4.78 is 12.2. The van der Waals surface area contributed by atoms with Crippen molar-refractivity contribution < 1.29 is 9.47 Å². The van der Waals surface area contributed by atoms with E-state index in [2.05, 4.69) is 16.1 Å². The van der Waals surface area contributed by atoms with Gasteiger partial charge in [0, 0.05) is 26.5 Å². The van der Waals surface area contributed by atoms with E-state index in [1.807, 2.05) is 0 Å². The number of halogens is 1. The van der Waals surface area contributed by atoms with Crippen LogP contribution in [0.1, 0.15) is 12.6 Å². The lowest BCUT2D eigenvalue weighted by molar-refractivity contribution is -0.205. The fourth-order valence-electron chi connectivity index (χ4n) is 1.56. The first-order chi connectivity index (χ1) is 8.62. The van der Waals surface area contributed by atoms with E-state index in [4.69, 9.17) is 21.1 Å². The number of hydrogen-bond donors (Lipinski definition) is 0. The number of ether oxygens (including phenoxy) is 2. The minimum absolute atomic E-state index is 0.491. The van der Waals surface area contributed by atoms with Gasteiger partial charge >= 0.3 is 0 Å². The summed E-state index contributed by atoms with van der Waals surface area (Å²) in [4.78, 5) is 4.20. The van der Waals surface area contributed by atoms with Crippen molar-refractivity contribution in [1.82, 2.24) is 14.8 Å². The Morgan fingerprint density at radius 2 is 2.11 bits per heavy atom. The van der Waals surface area contributed by atoms with Crippen molar-refractivity contribution in [3.8, 4) is 5.82 Å². The molecule has 0 atom stereocenters. The molecule has 0 unspecified atom stereocenters. The zero-order valence-electron chi connectivity index (χ0n) is 10.3. The SMILES string of the molecule is COC(C)(OC)c1[c]cnn1-c1ncccc1Cl. The van der Waals surface area contributed by atoms with Crippen molar-refractivity contribution in [3.05, 3.63) is 41.3 Å². The smallest absolute Gasteiger partial charge is 0.209 e. The maximum absolute atomic E-state index is 6.11. The molecule has 0 aliphatic heterocycles. The van der Waals surface area contributed by atoms with Crippen LogP contribution in [-0.2, 0) is 15.3 Å². The highest BCUT2D eigenvalue weighted by Gasteiger charge is 2.31. The van der Waals surface area contributed by atoms with Crippen LogP contribution in [0.15, 0.2) is 24.5 Å². The van der Waals surface area contributed by atoms with Gasteiger partial charge in [0.05, 0.1) is 11.2 Å². The molecule has 95 valence electrons. The molecule has 0 spiro atoms. The minimum atomic E-state index is -0.961. The summed E-state index contributed by atoms with van der Waals surface area (Å²) in [5.74, 6) is -0.451.